The molecular formula is C16H10FN5O3. The molecule has 1 aliphatic heterocycles. The van der Waals surface area contributed by atoms with Crippen LogP contribution in [0.4, 0.5) is 4.39 Å². The van der Waals surface area contributed by atoms with E-state index in [0.29, 0.717) is 5.56 Å². The Morgan fingerprint density at radius 2 is 2.12 bits per heavy atom. The zero-order chi connectivity index (χ0) is 18.0. The summed E-state index contributed by atoms with van der Waals surface area (Å²) in [5.41, 5.74) is 14.2. The monoisotopic (exact) mass is 339 g/mol. The molecule has 0 aliphatic carbocycles. The van der Waals surface area contributed by atoms with Gasteiger partial charge >= 0.3 is 0 Å². The smallest absolute Gasteiger partial charge is 0.228 e. The third-order valence-corrected chi connectivity index (χ3v) is 3.62. The highest BCUT2D eigenvalue weighted by molar-refractivity contribution is 5.51. The van der Waals surface area contributed by atoms with Gasteiger partial charge in [-0.15, -0.1) is 0 Å². The first-order valence-electron chi connectivity index (χ1n) is 7.06. The van der Waals surface area contributed by atoms with Crippen molar-refractivity contribution in [3.63, 3.8) is 0 Å². The summed E-state index contributed by atoms with van der Waals surface area (Å²) in [6, 6.07) is 8.41. The zero-order valence-electron chi connectivity index (χ0n) is 12.6. The first kappa shape index (κ1) is 16.1. The largest absolute Gasteiger partial charge is 0.461 e. The summed E-state index contributed by atoms with van der Waals surface area (Å²) >= 11 is 0. The van der Waals surface area contributed by atoms with E-state index in [0.717, 1.165) is 6.07 Å². The lowest BCUT2D eigenvalue weighted by Crippen LogP contribution is -2.25. The second-order valence-electron chi connectivity index (χ2n) is 5.14. The fourth-order valence-corrected chi connectivity index (χ4v) is 2.55. The minimum absolute atomic E-state index is 0.0307. The van der Waals surface area contributed by atoms with Gasteiger partial charge in [0.25, 0.3) is 0 Å². The van der Waals surface area contributed by atoms with Crippen LogP contribution in [0.25, 0.3) is 10.4 Å². The molecule has 9 heteroatoms. The molecule has 0 bridgehead atoms. The van der Waals surface area contributed by atoms with Crippen molar-refractivity contribution in [1.29, 1.82) is 5.26 Å². The van der Waals surface area contributed by atoms with Gasteiger partial charge in [0, 0.05) is 11.0 Å². The molecule has 0 radical (unpaired) electrons. The van der Waals surface area contributed by atoms with Crippen LogP contribution in [-0.2, 0) is 6.54 Å². The van der Waals surface area contributed by atoms with E-state index in [4.69, 9.17) is 20.4 Å². The standard InChI is InChI=1S/C16H10FN5O3/c17-9-3-1-8(2-4-9)13-11(6-18)16(19)25-14-12(23)5-10(7-21-22-20)24-15(13)14/h1-5,13H,7,19H2. The topological polar surface area (TPSA) is 138 Å². The number of allylic oxidation sites excluding steroid dienone is 1. The van der Waals surface area contributed by atoms with E-state index in [1.54, 1.807) is 0 Å². The number of ether oxygens (including phenoxy) is 1. The Bertz CT molecular complexity index is 1010. The van der Waals surface area contributed by atoms with Crippen molar-refractivity contribution in [3.8, 4) is 11.8 Å². The fourth-order valence-electron chi connectivity index (χ4n) is 2.55. The molecule has 2 N–H and O–H groups in total. The number of hydrogen-bond acceptors (Lipinski definition) is 6. The van der Waals surface area contributed by atoms with Gasteiger partial charge in [-0.05, 0) is 23.2 Å². The third-order valence-electron chi connectivity index (χ3n) is 3.62. The average molecular weight is 339 g/mol. The van der Waals surface area contributed by atoms with E-state index in [1.807, 2.05) is 6.07 Å². The lowest BCUT2D eigenvalue weighted by molar-refractivity contribution is 0.333. The van der Waals surface area contributed by atoms with Crippen molar-refractivity contribution in [1.82, 2.24) is 0 Å². The normalized spacial score (nSPS) is 15.6. The van der Waals surface area contributed by atoms with Crippen LogP contribution in [0.5, 0.6) is 5.75 Å². The molecule has 124 valence electrons. The predicted octanol–water partition coefficient (Wildman–Crippen LogP) is 2.81. The Labute approximate surface area is 140 Å². The van der Waals surface area contributed by atoms with E-state index in [1.165, 1.54) is 24.3 Å². The maximum absolute atomic E-state index is 13.2. The van der Waals surface area contributed by atoms with Gasteiger partial charge in [0.2, 0.25) is 17.1 Å². The van der Waals surface area contributed by atoms with Crippen molar-refractivity contribution in [2.45, 2.75) is 12.5 Å². The van der Waals surface area contributed by atoms with Crippen LogP contribution in [0.15, 0.2) is 56.1 Å². The molecule has 0 fully saturated rings. The summed E-state index contributed by atoms with van der Waals surface area (Å²) in [5, 5.41) is 12.8. The molecule has 1 aliphatic rings. The van der Waals surface area contributed by atoms with Crippen LogP contribution in [0, 0.1) is 17.1 Å². The molecule has 8 nitrogen and oxygen atoms in total. The predicted molar refractivity (Wildman–Crippen MR) is 83.5 cm³/mol. The van der Waals surface area contributed by atoms with E-state index in [2.05, 4.69) is 10.0 Å². The molecule has 0 spiro atoms. The van der Waals surface area contributed by atoms with E-state index in [9.17, 15) is 14.4 Å². The lowest BCUT2D eigenvalue weighted by Gasteiger charge is -2.24. The molecule has 1 atom stereocenters. The molecular weight excluding hydrogens is 329 g/mol. The van der Waals surface area contributed by atoms with E-state index < -0.39 is 17.2 Å². The van der Waals surface area contributed by atoms with Gasteiger partial charge in [0.15, 0.2) is 5.76 Å². The molecule has 1 aromatic heterocycles. The maximum atomic E-state index is 13.2. The van der Waals surface area contributed by atoms with Gasteiger partial charge in [0.1, 0.15) is 23.2 Å². The quantitative estimate of drug-likeness (QED) is 0.520. The van der Waals surface area contributed by atoms with Crippen molar-refractivity contribution >= 4 is 0 Å². The molecule has 1 unspecified atom stereocenters. The Hall–Kier alpha value is -3.76. The molecule has 3 rings (SSSR count). The molecule has 0 amide bonds. The minimum Gasteiger partial charge on any atom is -0.461 e. The van der Waals surface area contributed by atoms with Gasteiger partial charge in [-0.25, -0.2) is 4.39 Å². The number of nitrogens with zero attached hydrogens (tertiary/aromatic N) is 4. The summed E-state index contributed by atoms with van der Waals surface area (Å²) in [6.07, 6.45) is 0. The highest BCUT2D eigenvalue weighted by atomic mass is 19.1. The summed E-state index contributed by atoms with van der Waals surface area (Å²) in [7, 11) is 0. The summed E-state index contributed by atoms with van der Waals surface area (Å²) < 4.78 is 24.1. The van der Waals surface area contributed by atoms with Gasteiger partial charge in [-0.1, -0.05) is 17.2 Å². The number of fused-ring (bicyclic) bond motifs is 1. The van der Waals surface area contributed by atoms with E-state index >= 15 is 0 Å². The number of azide groups is 1. The fraction of sp³-hybridized carbons (Fsp3) is 0.125. The van der Waals surface area contributed by atoms with Crippen LogP contribution in [0.1, 0.15) is 23.0 Å². The molecule has 0 saturated carbocycles. The number of nitrogens with two attached hydrogens (primary N) is 1. The van der Waals surface area contributed by atoms with Gasteiger partial charge in [0.05, 0.1) is 12.5 Å². The second-order valence-corrected chi connectivity index (χ2v) is 5.14. The highest BCUT2D eigenvalue weighted by Crippen LogP contribution is 2.40. The molecule has 1 aromatic carbocycles. The van der Waals surface area contributed by atoms with Crippen LogP contribution >= 0.6 is 0 Å². The third kappa shape index (κ3) is 2.89. The van der Waals surface area contributed by atoms with Crippen molar-refractivity contribution < 1.29 is 13.5 Å². The number of rotatable bonds is 3. The molecule has 2 aromatic rings. The molecule has 25 heavy (non-hydrogen) atoms. The van der Waals surface area contributed by atoms with Crippen LogP contribution in [-0.4, -0.2) is 0 Å². The Morgan fingerprint density at radius 3 is 2.76 bits per heavy atom. The van der Waals surface area contributed by atoms with Crippen molar-refractivity contribution in [2.75, 3.05) is 0 Å². The maximum Gasteiger partial charge on any atom is 0.228 e. The zero-order valence-corrected chi connectivity index (χ0v) is 12.6. The van der Waals surface area contributed by atoms with E-state index in [-0.39, 0.29) is 35.3 Å². The molecule has 0 saturated heterocycles. The first-order chi connectivity index (χ1) is 12.0. The van der Waals surface area contributed by atoms with Gasteiger partial charge in [-0.2, -0.15) is 5.26 Å². The summed E-state index contributed by atoms with van der Waals surface area (Å²) in [6.45, 7) is -0.184. The Kier molecular flexibility index (Phi) is 4.12. The number of halogens is 1. The lowest BCUT2D eigenvalue weighted by atomic mass is 9.87. The van der Waals surface area contributed by atoms with Crippen molar-refractivity contribution in [2.24, 2.45) is 10.8 Å². The van der Waals surface area contributed by atoms with Crippen molar-refractivity contribution in [3.05, 3.63) is 85.4 Å². The number of hydrogen-bond donors (Lipinski definition) is 1. The SMILES string of the molecule is N#CC1=C(N)Oc2c(oc(CN=[N+]=[N-])cc2=O)C1c1ccc(F)cc1. The Balaban J connectivity index is 2.24. The van der Waals surface area contributed by atoms with Gasteiger partial charge in [-0.3, -0.25) is 4.79 Å². The van der Waals surface area contributed by atoms with Crippen LogP contribution < -0.4 is 15.9 Å². The van der Waals surface area contributed by atoms with Crippen LogP contribution in [0.3, 0.4) is 0 Å². The summed E-state index contributed by atoms with van der Waals surface area (Å²) in [5.74, 6) is -1.52. The first-order valence-corrected chi connectivity index (χ1v) is 7.06. The summed E-state index contributed by atoms with van der Waals surface area (Å²) in [4.78, 5) is 14.9. The number of nitriles is 1. The highest BCUT2D eigenvalue weighted by Gasteiger charge is 2.35. The Morgan fingerprint density at radius 1 is 1.40 bits per heavy atom. The second kappa shape index (κ2) is 6.39. The molecule has 2 heterocycles. The van der Waals surface area contributed by atoms with Gasteiger partial charge < -0.3 is 14.9 Å². The average Bonchev–Trinajstić information content (AvgIpc) is 2.60. The van der Waals surface area contributed by atoms with Crippen LogP contribution in [0.2, 0.25) is 0 Å². The minimum atomic E-state index is -0.840. The number of benzene rings is 1.